The average Bonchev–Trinajstić information content (AvgIpc) is 3.38. The molecule has 4 rings (SSSR count). The first-order chi connectivity index (χ1) is 14.1. The first kappa shape index (κ1) is 20.1. The molecule has 0 spiro atoms. The third-order valence-electron chi connectivity index (χ3n) is 5.18. The van der Waals surface area contributed by atoms with Crippen molar-refractivity contribution >= 4 is 29.1 Å². The summed E-state index contributed by atoms with van der Waals surface area (Å²) in [6, 6.07) is 13.6. The number of carbonyl (C=O) groups is 1. The quantitative estimate of drug-likeness (QED) is 0.588. The number of benzene rings is 1. The number of amides is 1. The van der Waals surface area contributed by atoms with Crippen LogP contribution in [0.2, 0.25) is 10.0 Å². The number of hydrogen-bond acceptors (Lipinski definition) is 3. The summed E-state index contributed by atoms with van der Waals surface area (Å²) < 4.78 is 8.09. The lowest BCUT2D eigenvalue weighted by molar-refractivity contribution is 0.0919. The second-order valence-electron chi connectivity index (χ2n) is 7.19. The average molecular weight is 432 g/mol. The second kappa shape index (κ2) is 8.66. The van der Waals surface area contributed by atoms with Crippen molar-refractivity contribution in [1.82, 2.24) is 14.8 Å². The fraction of sp³-hybridized carbons (Fsp3) is 0.318. The minimum absolute atomic E-state index is 0.0241. The molecule has 1 aliphatic heterocycles. The summed E-state index contributed by atoms with van der Waals surface area (Å²) in [5.74, 6) is 0.934. The van der Waals surface area contributed by atoms with Crippen LogP contribution in [0.25, 0.3) is 0 Å². The lowest BCUT2D eigenvalue weighted by Crippen LogP contribution is -2.37. The van der Waals surface area contributed by atoms with Crippen LogP contribution in [0.4, 0.5) is 0 Å². The molecule has 5 nitrogen and oxygen atoms in total. The predicted molar refractivity (Wildman–Crippen MR) is 114 cm³/mol. The van der Waals surface area contributed by atoms with Gasteiger partial charge in [0.15, 0.2) is 5.76 Å². The first-order valence-electron chi connectivity index (χ1n) is 9.77. The van der Waals surface area contributed by atoms with Gasteiger partial charge in [-0.05, 0) is 48.4 Å². The van der Waals surface area contributed by atoms with Crippen molar-refractivity contribution in [2.24, 2.45) is 0 Å². The smallest absolute Gasteiger partial charge is 0.286 e. The number of fused-ring (bicyclic) bond motifs is 1. The lowest BCUT2D eigenvalue weighted by atomic mass is 10.00. The van der Waals surface area contributed by atoms with Gasteiger partial charge < -0.3 is 14.3 Å². The minimum Gasteiger partial charge on any atom is -0.455 e. The third-order valence-corrected chi connectivity index (χ3v) is 5.92. The molecule has 2 aromatic heterocycles. The highest BCUT2D eigenvalue weighted by molar-refractivity contribution is 6.42. The molecular weight excluding hydrogens is 409 g/mol. The van der Waals surface area contributed by atoms with Crippen molar-refractivity contribution < 1.29 is 9.21 Å². The van der Waals surface area contributed by atoms with Crippen molar-refractivity contribution in [2.45, 2.75) is 32.5 Å². The molecule has 0 saturated carbocycles. The number of aromatic nitrogens is 1. The Hall–Kier alpha value is -2.21. The molecule has 1 aromatic carbocycles. The number of nitrogens with one attached hydrogen (secondary N) is 1. The van der Waals surface area contributed by atoms with Gasteiger partial charge in [0.05, 0.1) is 22.6 Å². The lowest BCUT2D eigenvalue weighted by Gasteiger charge is -2.37. The monoisotopic (exact) mass is 431 g/mol. The summed E-state index contributed by atoms with van der Waals surface area (Å²) in [5.41, 5.74) is 2.27. The number of furan rings is 1. The van der Waals surface area contributed by atoms with E-state index in [4.69, 9.17) is 27.6 Å². The van der Waals surface area contributed by atoms with Gasteiger partial charge in [-0.15, -0.1) is 0 Å². The summed E-state index contributed by atoms with van der Waals surface area (Å²) in [6.45, 7) is 4.99. The summed E-state index contributed by atoms with van der Waals surface area (Å²) in [7, 11) is 0. The van der Waals surface area contributed by atoms with Crippen LogP contribution in [-0.2, 0) is 13.1 Å². The highest BCUT2D eigenvalue weighted by atomic mass is 35.5. The van der Waals surface area contributed by atoms with Gasteiger partial charge >= 0.3 is 0 Å². The van der Waals surface area contributed by atoms with Crippen LogP contribution in [0.5, 0.6) is 0 Å². The van der Waals surface area contributed by atoms with Gasteiger partial charge in [-0.3, -0.25) is 9.69 Å². The number of carbonyl (C=O) groups excluding carboxylic acids is 1. The van der Waals surface area contributed by atoms with Gasteiger partial charge in [0, 0.05) is 31.5 Å². The maximum Gasteiger partial charge on any atom is 0.286 e. The summed E-state index contributed by atoms with van der Waals surface area (Å²) in [6.07, 6.45) is 2.98. The number of hydrogen-bond donors (Lipinski definition) is 1. The van der Waals surface area contributed by atoms with E-state index in [0.717, 1.165) is 30.8 Å². The molecule has 3 heterocycles. The Morgan fingerprint density at radius 3 is 2.83 bits per heavy atom. The standard InChI is InChI=1S/C22H23Cl2N3O2/c1-2-9-25-22(28)20-8-6-16(29-20)14-27-12-11-26-10-3-4-19(26)21(27)15-5-7-17(23)18(24)13-15/h3-8,10,13,21H,2,9,11-12,14H2,1H3,(H,25,28). The van der Waals surface area contributed by atoms with Gasteiger partial charge in [0.2, 0.25) is 0 Å². The van der Waals surface area contributed by atoms with Crippen LogP contribution in [0, 0.1) is 0 Å². The van der Waals surface area contributed by atoms with E-state index in [2.05, 4.69) is 33.1 Å². The van der Waals surface area contributed by atoms with Crippen LogP contribution in [-0.4, -0.2) is 28.5 Å². The molecule has 1 atom stereocenters. The fourth-order valence-electron chi connectivity index (χ4n) is 3.78. The van der Waals surface area contributed by atoms with Crippen molar-refractivity contribution in [3.8, 4) is 0 Å². The number of halogens is 2. The second-order valence-corrected chi connectivity index (χ2v) is 8.01. The van der Waals surface area contributed by atoms with E-state index in [1.807, 2.05) is 31.2 Å². The maximum atomic E-state index is 12.1. The molecule has 29 heavy (non-hydrogen) atoms. The predicted octanol–water partition coefficient (Wildman–Crippen LogP) is 5.13. The van der Waals surface area contributed by atoms with Crippen LogP contribution in [0.15, 0.2) is 53.1 Å². The van der Waals surface area contributed by atoms with E-state index in [-0.39, 0.29) is 11.9 Å². The van der Waals surface area contributed by atoms with Crippen molar-refractivity contribution in [3.05, 3.63) is 81.5 Å². The summed E-state index contributed by atoms with van der Waals surface area (Å²) >= 11 is 12.4. The molecule has 1 N–H and O–H groups in total. The highest BCUT2D eigenvalue weighted by Crippen LogP contribution is 2.36. The van der Waals surface area contributed by atoms with Gasteiger partial charge in [-0.1, -0.05) is 36.2 Å². The normalized spacial score (nSPS) is 16.6. The Bertz CT molecular complexity index is 1010. The molecule has 0 aliphatic carbocycles. The Morgan fingerprint density at radius 2 is 2.03 bits per heavy atom. The Kier molecular flexibility index (Phi) is 5.99. The van der Waals surface area contributed by atoms with E-state index in [0.29, 0.717) is 28.9 Å². The Labute approximate surface area is 180 Å². The topological polar surface area (TPSA) is 50.4 Å². The van der Waals surface area contributed by atoms with E-state index in [1.165, 1.54) is 5.69 Å². The van der Waals surface area contributed by atoms with E-state index in [9.17, 15) is 4.79 Å². The number of nitrogens with zero attached hydrogens (tertiary/aromatic N) is 2. The van der Waals surface area contributed by atoms with Crippen LogP contribution >= 0.6 is 23.2 Å². The molecule has 0 radical (unpaired) electrons. The van der Waals surface area contributed by atoms with Crippen molar-refractivity contribution in [2.75, 3.05) is 13.1 Å². The van der Waals surface area contributed by atoms with Gasteiger partial charge in [0.25, 0.3) is 5.91 Å². The van der Waals surface area contributed by atoms with Gasteiger partial charge in [0.1, 0.15) is 5.76 Å². The summed E-state index contributed by atoms with van der Waals surface area (Å²) in [5, 5.41) is 3.93. The van der Waals surface area contributed by atoms with Crippen LogP contribution in [0.1, 0.15) is 47.0 Å². The van der Waals surface area contributed by atoms with Crippen LogP contribution < -0.4 is 5.32 Å². The van der Waals surface area contributed by atoms with Crippen LogP contribution in [0.3, 0.4) is 0 Å². The zero-order valence-corrected chi connectivity index (χ0v) is 17.7. The molecule has 1 amide bonds. The molecule has 7 heteroatoms. The molecule has 1 unspecified atom stereocenters. The zero-order valence-electron chi connectivity index (χ0n) is 16.2. The minimum atomic E-state index is -0.174. The first-order valence-corrected chi connectivity index (χ1v) is 10.5. The fourth-order valence-corrected chi connectivity index (χ4v) is 4.08. The van der Waals surface area contributed by atoms with Gasteiger partial charge in [-0.25, -0.2) is 0 Å². The molecule has 0 fully saturated rings. The van der Waals surface area contributed by atoms with E-state index in [1.54, 1.807) is 6.07 Å². The molecule has 0 saturated heterocycles. The highest BCUT2D eigenvalue weighted by Gasteiger charge is 2.30. The Balaban J connectivity index is 1.60. The molecule has 3 aromatic rings. The Morgan fingerprint density at radius 1 is 1.17 bits per heavy atom. The SMILES string of the molecule is CCCNC(=O)c1ccc(CN2CCn3cccc3C2c2ccc(Cl)c(Cl)c2)o1. The van der Waals surface area contributed by atoms with Gasteiger partial charge in [-0.2, -0.15) is 0 Å². The number of rotatable bonds is 6. The van der Waals surface area contributed by atoms with E-state index >= 15 is 0 Å². The molecular formula is C22H23Cl2N3O2. The van der Waals surface area contributed by atoms with Crippen molar-refractivity contribution in [3.63, 3.8) is 0 Å². The zero-order chi connectivity index (χ0) is 20.4. The molecule has 0 bridgehead atoms. The third kappa shape index (κ3) is 4.22. The van der Waals surface area contributed by atoms with E-state index < -0.39 is 0 Å². The molecule has 1 aliphatic rings. The molecule has 152 valence electrons. The van der Waals surface area contributed by atoms with Crippen molar-refractivity contribution in [1.29, 1.82) is 0 Å². The maximum absolute atomic E-state index is 12.1. The summed E-state index contributed by atoms with van der Waals surface area (Å²) in [4.78, 5) is 14.5. The largest absolute Gasteiger partial charge is 0.455 e.